The number of fused-ring (bicyclic) bond motifs is 1. The zero-order valence-electron chi connectivity index (χ0n) is 37.0. The fourth-order valence-electron chi connectivity index (χ4n) is 8.00. The Morgan fingerprint density at radius 3 is 1.76 bits per heavy atom. The topological polar surface area (TPSA) is 298 Å². The van der Waals surface area contributed by atoms with Crippen molar-refractivity contribution in [3.8, 4) is 17.2 Å². The summed E-state index contributed by atoms with van der Waals surface area (Å²) in [6.07, 6.45) is 3.05. The van der Waals surface area contributed by atoms with Crippen LogP contribution in [0.5, 0.6) is 0 Å². The number of pyridine rings is 1. The third-order valence-corrected chi connectivity index (χ3v) is 11.5. The number of hydrogen-bond donors (Lipinski definition) is 6. The smallest absolute Gasteiger partial charge is 0.323 e. The Kier molecular flexibility index (Phi) is 19.0. The molecule has 22 nitrogen and oxygen atoms in total. The number of nitrogens with one attached hydrogen (secondary N) is 2. The molecule has 3 heterocycles. The summed E-state index contributed by atoms with van der Waals surface area (Å²) in [7, 11) is 0. The number of amides is 4. The monoisotopic (exact) mass is 928 g/mol. The Hall–Kier alpha value is -7.06. The van der Waals surface area contributed by atoms with Crippen LogP contribution >= 0.6 is 0 Å². The molecule has 0 saturated carbocycles. The van der Waals surface area contributed by atoms with Crippen LogP contribution in [0.25, 0.3) is 22.0 Å². The van der Waals surface area contributed by atoms with Gasteiger partial charge in [0.2, 0.25) is 11.8 Å². The minimum atomic E-state index is -1.25. The first kappa shape index (κ1) is 50.9. The summed E-state index contributed by atoms with van der Waals surface area (Å²) in [4.78, 5) is 113. The van der Waals surface area contributed by atoms with Crippen LogP contribution in [0.2, 0.25) is 0 Å². The Morgan fingerprint density at radius 1 is 0.672 bits per heavy atom. The lowest BCUT2D eigenvalue weighted by atomic mass is 9.99. The van der Waals surface area contributed by atoms with Gasteiger partial charge in [-0.15, -0.1) is 0 Å². The molecule has 4 amide bonds. The van der Waals surface area contributed by atoms with Crippen molar-refractivity contribution >= 4 is 58.4 Å². The van der Waals surface area contributed by atoms with E-state index in [4.69, 9.17) is 0 Å². The fourth-order valence-corrected chi connectivity index (χ4v) is 8.00. The zero-order valence-corrected chi connectivity index (χ0v) is 37.0. The molecule has 2 aromatic carbocycles. The highest BCUT2D eigenvalue weighted by Gasteiger charge is 2.29. The number of carboxylic acids is 4. The molecule has 358 valence electrons. The third kappa shape index (κ3) is 15.8. The Balaban J connectivity index is 1.17. The molecule has 2 aliphatic heterocycles. The summed E-state index contributed by atoms with van der Waals surface area (Å²) in [5.74, 6) is -6.25. The Bertz CT molecular complexity index is 2290. The summed E-state index contributed by atoms with van der Waals surface area (Å²) in [6.45, 7) is -0.000105. The number of aliphatic carboxylic acids is 4. The van der Waals surface area contributed by atoms with E-state index in [1.807, 2.05) is 6.07 Å². The van der Waals surface area contributed by atoms with Crippen LogP contribution in [0.4, 0.5) is 0 Å². The van der Waals surface area contributed by atoms with Gasteiger partial charge >= 0.3 is 23.9 Å². The average molecular weight is 929 g/mol. The summed E-state index contributed by atoms with van der Waals surface area (Å²) in [6, 6.07) is 15.3. The molecule has 1 unspecified atom stereocenters. The van der Waals surface area contributed by atoms with E-state index < -0.39 is 54.2 Å². The van der Waals surface area contributed by atoms with E-state index in [1.54, 1.807) is 62.1 Å². The van der Waals surface area contributed by atoms with E-state index in [-0.39, 0.29) is 110 Å². The van der Waals surface area contributed by atoms with E-state index >= 15 is 0 Å². The predicted octanol–water partition coefficient (Wildman–Crippen LogP) is -0.345. The maximum atomic E-state index is 13.6. The minimum absolute atomic E-state index is 0.0128. The number of likely N-dealkylation sites (tertiary alicyclic amines) is 1. The van der Waals surface area contributed by atoms with Gasteiger partial charge in [0.15, 0.2) is 0 Å². The molecule has 67 heavy (non-hydrogen) atoms. The van der Waals surface area contributed by atoms with Gasteiger partial charge in [-0.25, -0.2) is 0 Å². The maximum absolute atomic E-state index is 13.6. The van der Waals surface area contributed by atoms with Crippen LogP contribution in [-0.4, -0.2) is 220 Å². The number of aromatic nitrogens is 1. The van der Waals surface area contributed by atoms with Crippen LogP contribution in [0.3, 0.4) is 0 Å². The van der Waals surface area contributed by atoms with Crippen molar-refractivity contribution in [1.82, 2.24) is 45.0 Å². The van der Waals surface area contributed by atoms with Crippen molar-refractivity contribution in [2.75, 3.05) is 111 Å². The zero-order chi connectivity index (χ0) is 48.5. The summed E-state index contributed by atoms with van der Waals surface area (Å²) >= 11 is 0. The van der Waals surface area contributed by atoms with E-state index in [1.165, 1.54) is 11.1 Å². The quantitative estimate of drug-likeness (QED) is 0.0838. The van der Waals surface area contributed by atoms with Crippen LogP contribution in [0.15, 0.2) is 54.7 Å². The van der Waals surface area contributed by atoms with Crippen LogP contribution in [-0.2, 0) is 28.8 Å². The third-order valence-electron chi connectivity index (χ3n) is 11.5. The normalized spacial score (nSPS) is 16.8. The molecule has 1 atom stereocenters. The predicted molar refractivity (Wildman–Crippen MR) is 240 cm³/mol. The first-order chi connectivity index (χ1) is 32.1. The van der Waals surface area contributed by atoms with Crippen molar-refractivity contribution in [2.24, 2.45) is 0 Å². The molecule has 0 aliphatic carbocycles. The number of carboxylic acid groups (broad SMARTS) is 4. The maximum Gasteiger partial charge on any atom is 0.323 e. The van der Waals surface area contributed by atoms with E-state index in [0.29, 0.717) is 35.0 Å². The second-order valence-corrected chi connectivity index (χ2v) is 16.3. The number of carbonyl (C=O) groups is 8. The van der Waals surface area contributed by atoms with Crippen LogP contribution in [0.1, 0.15) is 40.0 Å². The standard InChI is InChI=1S/C45H56N10O12/c46-24-34-3-1-14-55(34)38(56)25-49-45(67)35-10-12-47-37-9-8-33(23-36(35)37)31-4-6-32(7-5-31)44(66)48-11-2-13-54(30-43(64)65)39(57)26-50-15-17-51(27-40(58)59)19-21-53(29-42(62)63)22-20-52(18-16-50)28-41(60)61/h4-10,12,23,34H,1-3,11,13-22,25-30H2,(H,48,66)(H,49,67)(H,58,59)(H,60,61)(H,62,63)(H,64,65). The summed E-state index contributed by atoms with van der Waals surface area (Å²) in [5, 5.41) is 53.4. The number of nitrogens with zero attached hydrogens (tertiary/aromatic N) is 8. The van der Waals surface area contributed by atoms with E-state index in [0.717, 1.165) is 22.4 Å². The Morgan fingerprint density at radius 2 is 1.22 bits per heavy atom. The van der Waals surface area contributed by atoms with Gasteiger partial charge in [0.25, 0.3) is 11.8 Å². The van der Waals surface area contributed by atoms with Gasteiger partial charge in [0.05, 0.1) is 49.9 Å². The summed E-state index contributed by atoms with van der Waals surface area (Å²) < 4.78 is 0. The molecule has 5 rings (SSSR count). The van der Waals surface area contributed by atoms with Crippen LogP contribution < -0.4 is 10.6 Å². The van der Waals surface area contributed by atoms with Gasteiger partial charge in [-0.1, -0.05) is 18.2 Å². The molecule has 0 bridgehead atoms. The molecule has 2 saturated heterocycles. The second-order valence-electron chi connectivity index (χ2n) is 16.3. The molecule has 22 heteroatoms. The van der Waals surface area contributed by atoms with Gasteiger partial charge in [0.1, 0.15) is 12.6 Å². The number of nitriles is 1. The first-order valence-corrected chi connectivity index (χ1v) is 21.9. The SMILES string of the molecule is N#CC1CCCN1C(=O)CNC(=O)c1ccnc2ccc(-c3ccc(C(=O)NCCCN(CC(=O)O)C(=O)CN4CCN(CC(=O)O)CCN(CC(=O)O)CCN(CC(=O)O)CC4)cc3)cc12. The summed E-state index contributed by atoms with van der Waals surface area (Å²) in [5.41, 5.74) is 2.69. The number of hydrogen-bond acceptors (Lipinski definition) is 14. The fraction of sp³-hybridized carbons (Fsp3) is 0.467. The lowest BCUT2D eigenvalue weighted by Gasteiger charge is -2.33. The van der Waals surface area contributed by atoms with Crippen LogP contribution in [0, 0.1) is 11.3 Å². The lowest BCUT2D eigenvalue weighted by molar-refractivity contribution is -0.145. The molecular weight excluding hydrogens is 873 g/mol. The van der Waals surface area contributed by atoms with Gasteiger partial charge in [-0.2, -0.15) is 5.26 Å². The van der Waals surface area contributed by atoms with Crippen molar-refractivity contribution in [2.45, 2.75) is 25.3 Å². The molecule has 2 fully saturated rings. The second kappa shape index (κ2) is 25.0. The highest BCUT2D eigenvalue weighted by molar-refractivity contribution is 6.07. The van der Waals surface area contributed by atoms with Crippen molar-refractivity contribution in [3.05, 3.63) is 65.9 Å². The lowest BCUT2D eigenvalue weighted by Crippen LogP contribution is -2.50. The molecule has 1 aromatic heterocycles. The van der Waals surface area contributed by atoms with Crippen molar-refractivity contribution < 1.29 is 58.8 Å². The van der Waals surface area contributed by atoms with Gasteiger partial charge in [0, 0.05) is 89.1 Å². The van der Waals surface area contributed by atoms with Crippen molar-refractivity contribution in [1.29, 1.82) is 5.26 Å². The molecule has 0 radical (unpaired) electrons. The van der Waals surface area contributed by atoms with E-state index in [2.05, 4.69) is 21.7 Å². The van der Waals surface area contributed by atoms with Gasteiger partial charge in [-0.05, 0) is 60.7 Å². The molecule has 0 spiro atoms. The van der Waals surface area contributed by atoms with Crippen molar-refractivity contribution in [3.63, 3.8) is 0 Å². The highest BCUT2D eigenvalue weighted by Crippen LogP contribution is 2.26. The largest absolute Gasteiger partial charge is 0.480 e. The highest BCUT2D eigenvalue weighted by atomic mass is 16.4. The number of benzene rings is 2. The number of rotatable bonds is 19. The molecule has 2 aliphatic rings. The molecular formula is C45H56N10O12. The Labute approximate surface area is 386 Å². The minimum Gasteiger partial charge on any atom is -0.480 e. The average Bonchev–Trinajstić information content (AvgIpc) is 3.78. The van der Waals surface area contributed by atoms with Gasteiger partial charge < -0.3 is 40.9 Å². The number of carbonyl (C=O) groups excluding carboxylic acids is 4. The first-order valence-electron chi connectivity index (χ1n) is 21.9. The molecule has 3 aromatic rings. The molecule has 6 N–H and O–H groups in total. The van der Waals surface area contributed by atoms with Gasteiger partial charge in [-0.3, -0.25) is 62.9 Å². The van der Waals surface area contributed by atoms with E-state index in [9.17, 15) is 64.0 Å².